The number of hydrogen-bond donors (Lipinski definition) is 0. The van der Waals surface area contributed by atoms with Crippen LogP contribution in [-0.2, 0) is 11.3 Å². The van der Waals surface area contributed by atoms with Crippen molar-refractivity contribution in [3.63, 3.8) is 0 Å². The minimum Gasteiger partial charge on any atom is -0.341 e. The van der Waals surface area contributed by atoms with Gasteiger partial charge in [-0.15, -0.1) is 0 Å². The van der Waals surface area contributed by atoms with E-state index >= 15 is 0 Å². The van der Waals surface area contributed by atoms with E-state index in [9.17, 15) is 14.0 Å². The van der Waals surface area contributed by atoms with Crippen LogP contribution in [0.1, 0.15) is 31.2 Å². The summed E-state index contributed by atoms with van der Waals surface area (Å²) in [5.41, 5.74) is 0.789. The molecule has 0 spiro atoms. The molecule has 0 N–H and O–H groups in total. The zero-order valence-electron chi connectivity index (χ0n) is 14.8. The summed E-state index contributed by atoms with van der Waals surface area (Å²) in [5, 5.41) is 0. The summed E-state index contributed by atoms with van der Waals surface area (Å²) in [5.74, 6) is -0.259. The average Bonchev–Trinajstić information content (AvgIpc) is 3.15. The summed E-state index contributed by atoms with van der Waals surface area (Å²) >= 11 is 0. The summed E-state index contributed by atoms with van der Waals surface area (Å²) in [6.45, 7) is 3.39. The standard InChI is InChI=1S/C19H26FN3O2/c1-21(14-15-5-4-6-17(20)13-15)18(24)16-7-11-23(12-8-16)19(25)22-9-2-3-10-22/h4-6,13,16H,2-3,7-12,14H2,1H3. The van der Waals surface area contributed by atoms with Gasteiger partial charge in [0.25, 0.3) is 0 Å². The van der Waals surface area contributed by atoms with Crippen LogP contribution in [0.3, 0.4) is 0 Å². The molecule has 1 aromatic carbocycles. The maximum Gasteiger partial charge on any atom is 0.319 e. The molecule has 0 saturated carbocycles. The predicted octanol–water partition coefficient (Wildman–Crippen LogP) is 2.71. The highest BCUT2D eigenvalue weighted by Crippen LogP contribution is 2.22. The number of halogens is 1. The topological polar surface area (TPSA) is 43.9 Å². The van der Waals surface area contributed by atoms with Gasteiger partial charge >= 0.3 is 6.03 Å². The van der Waals surface area contributed by atoms with E-state index in [0.29, 0.717) is 32.5 Å². The molecular formula is C19H26FN3O2. The van der Waals surface area contributed by atoms with Crippen molar-refractivity contribution in [3.05, 3.63) is 35.6 Å². The van der Waals surface area contributed by atoms with Crippen LogP contribution in [0.2, 0.25) is 0 Å². The fourth-order valence-electron chi connectivity index (χ4n) is 3.72. The Bertz CT molecular complexity index is 623. The van der Waals surface area contributed by atoms with E-state index in [1.54, 1.807) is 18.0 Å². The number of piperidine rings is 1. The maximum absolute atomic E-state index is 13.3. The Balaban J connectivity index is 1.49. The molecule has 3 rings (SSSR count). The van der Waals surface area contributed by atoms with Crippen LogP contribution in [0.15, 0.2) is 24.3 Å². The molecule has 2 heterocycles. The van der Waals surface area contributed by atoms with E-state index in [1.807, 2.05) is 15.9 Å². The van der Waals surface area contributed by atoms with Crippen molar-refractivity contribution in [1.29, 1.82) is 0 Å². The van der Waals surface area contributed by atoms with E-state index in [1.165, 1.54) is 12.1 Å². The van der Waals surface area contributed by atoms with E-state index in [-0.39, 0.29) is 23.7 Å². The number of urea groups is 1. The van der Waals surface area contributed by atoms with Crippen molar-refractivity contribution < 1.29 is 14.0 Å². The first-order valence-corrected chi connectivity index (χ1v) is 9.08. The van der Waals surface area contributed by atoms with Gasteiger partial charge in [-0.1, -0.05) is 12.1 Å². The van der Waals surface area contributed by atoms with Gasteiger partial charge in [0.1, 0.15) is 5.82 Å². The first-order chi connectivity index (χ1) is 12.0. The van der Waals surface area contributed by atoms with Crippen LogP contribution >= 0.6 is 0 Å². The Hall–Kier alpha value is -2.11. The van der Waals surface area contributed by atoms with Crippen LogP contribution in [0, 0.1) is 11.7 Å². The van der Waals surface area contributed by atoms with Crippen molar-refractivity contribution in [2.24, 2.45) is 5.92 Å². The zero-order valence-corrected chi connectivity index (χ0v) is 14.8. The highest BCUT2D eigenvalue weighted by atomic mass is 19.1. The SMILES string of the molecule is CN(Cc1cccc(F)c1)C(=O)C1CCN(C(=O)N2CCCC2)CC1. The number of hydrogen-bond acceptors (Lipinski definition) is 2. The van der Waals surface area contributed by atoms with Gasteiger partial charge < -0.3 is 14.7 Å². The second-order valence-corrected chi connectivity index (χ2v) is 7.06. The van der Waals surface area contributed by atoms with E-state index in [2.05, 4.69) is 0 Å². The van der Waals surface area contributed by atoms with Crippen LogP contribution in [0.4, 0.5) is 9.18 Å². The van der Waals surface area contributed by atoms with Crippen molar-refractivity contribution in [2.45, 2.75) is 32.2 Å². The molecule has 2 aliphatic heterocycles. The molecule has 0 bridgehead atoms. The Morgan fingerprint density at radius 2 is 1.76 bits per heavy atom. The summed E-state index contributed by atoms with van der Waals surface area (Å²) in [7, 11) is 1.76. The van der Waals surface area contributed by atoms with Gasteiger partial charge in [0.05, 0.1) is 0 Å². The third-order valence-electron chi connectivity index (χ3n) is 5.18. The van der Waals surface area contributed by atoms with Crippen LogP contribution < -0.4 is 0 Å². The highest BCUT2D eigenvalue weighted by molar-refractivity contribution is 5.79. The summed E-state index contributed by atoms with van der Waals surface area (Å²) < 4.78 is 13.3. The Morgan fingerprint density at radius 3 is 2.40 bits per heavy atom. The molecule has 0 atom stereocenters. The van der Waals surface area contributed by atoms with Gasteiger partial charge in [0, 0.05) is 45.7 Å². The Morgan fingerprint density at radius 1 is 1.12 bits per heavy atom. The molecular weight excluding hydrogens is 321 g/mol. The molecule has 2 aliphatic rings. The van der Waals surface area contributed by atoms with E-state index in [4.69, 9.17) is 0 Å². The fourth-order valence-corrected chi connectivity index (χ4v) is 3.72. The van der Waals surface area contributed by atoms with Crippen molar-refractivity contribution in [3.8, 4) is 0 Å². The first-order valence-electron chi connectivity index (χ1n) is 9.08. The lowest BCUT2D eigenvalue weighted by Crippen LogP contribution is -2.47. The van der Waals surface area contributed by atoms with Gasteiger partial charge in [-0.2, -0.15) is 0 Å². The average molecular weight is 347 g/mol. The third-order valence-corrected chi connectivity index (χ3v) is 5.18. The molecule has 3 amide bonds. The summed E-state index contributed by atoms with van der Waals surface area (Å²) in [6.07, 6.45) is 3.58. The number of carbonyl (C=O) groups is 2. The van der Waals surface area contributed by atoms with Crippen LogP contribution in [-0.4, -0.2) is 59.9 Å². The molecule has 1 aromatic rings. The lowest BCUT2D eigenvalue weighted by molar-refractivity contribution is -0.136. The number of amides is 3. The summed E-state index contributed by atoms with van der Waals surface area (Å²) in [6, 6.07) is 6.46. The quantitative estimate of drug-likeness (QED) is 0.844. The summed E-state index contributed by atoms with van der Waals surface area (Å²) in [4.78, 5) is 30.5. The van der Waals surface area contributed by atoms with Gasteiger partial charge in [-0.25, -0.2) is 9.18 Å². The largest absolute Gasteiger partial charge is 0.341 e. The van der Waals surface area contributed by atoms with Gasteiger partial charge in [0.2, 0.25) is 5.91 Å². The van der Waals surface area contributed by atoms with Crippen molar-refractivity contribution in [2.75, 3.05) is 33.2 Å². The smallest absolute Gasteiger partial charge is 0.319 e. The molecule has 2 fully saturated rings. The molecule has 0 aliphatic carbocycles. The van der Waals surface area contributed by atoms with Crippen molar-refractivity contribution in [1.82, 2.24) is 14.7 Å². The number of carbonyl (C=O) groups excluding carboxylic acids is 2. The minimum atomic E-state index is -0.285. The lowest BCUT2D eigenvalue weighted by atomic mass is 9.95. The second-order valence-electron chi connectivity index (χ2n) is 7.06. The second kappa shape index (κ2) is 7.85. The van der Waals surface area contributed by atoms with Gasteiger partial charge in [0.15, 0.2) is 0 Å². The Kier molecular flexibility index (Phi) is 5.56. The maximum atomic E-state index is 13.3. The number of rotatable bonds is 3. The molecule has 0 radical (unpaired) electrons. The van der Waals surface area contributed by atoms with Gasteiger partial charge in [-0.05, 0) is 43.4 Å². The lowest BCUT2D eigenvalue weighted by Gasteiger charge is -2.35. The van der Waals surface area contributed by atoms with Crippen molar-refractivity contribution >= 4 is 11.9 Å². The van der Waals surface area contributed by atoms with Crippen LogP contribution in [0.25, 0.3) is 0 Å². The monoisotopic (exact) mass is 347 g/mol. The third kappa shape index (κ3) is 4.30. The molecule has 136 valence electrons. The molecule has 2 saturated heterocycles. The first kappa shape index (κ1) is 17.7. The van der Waals surface area contributed by atoms with Crippen LogP contribution in [0.5, 0.6) is 0 Å². The number of benzene rings is 1. The van der Waals surface area contributed by atoms with E-state index < -0.39 is 0 Å². The fraction of sp³-hybridized carbons (Fsp3) is 0.579. The van der Waals surface area contributed by atoms with Gasteiger partial charge in [-0.3, -0.25) is 4.79 Å². The molecule has 0 unspecified atom stereocenters. The minimum absolute atomic E-state index is 0.0545. The predicted molar refractivity (Wildman–Crippen MR) is 93.4 cm³/mol. The normalized spacial score (nSPS) is 18.5. The highest BCUT2D eigenvalue weighted by Gasteiger charge is 2.31. The molecule has 0 aromatic heterocycles. The molecule has 25 heavy (non-hydrogen) atoms. The molecule has 5 nitrogen and oxygen atoms in total. The zero-order chi connectivity index (χ0) is 17.8. The Labute approximate surface area is 148 Å². The number of nitrogens with zero attached hydrogens (tertiary/aromatic N) is 3. The molecule has 6 heteroatoms. The van der Waals surface area contributed by atoms with E-state index in [0.717, 1.165) is 31.5 Å². The number of likely N-dealkylation sites (tertiary alicyclic amines) is 2.